The molecule has 1 aromatic heterocycles. The van der Waals surface area contributed by atoms with Gasteiger partial charge in [-0.25, -0.2) is 4.98 Å². The first-order valence-electron chi connectivity index (χ1n) is 12.4. The van der Waals surface area contributed by atoms with Gasteiger partial charge in [0.05, 0.1) is 16.3 Å². The van der Waals surface area contributed by atoms with Gasteiger partial charge in [0.2, 0.25) is 0 Å². The Balaban J connectivity index is 1.36. The highest BCUT2D eigenvalue weighted by molar-refractivity contribution is 8.03. The highest BCUT2D eigenvalue weighted by Crippen LogP contribution is 2.60. The summed E-state index contributed by atoms with van der Waals surface area (Å²) in [5.74, 6) is 2.65. The lowest BCUT2D eigenvalue weighted by Crippen LogP contribution is -2.29. The van der Waals surface area contributed by atoms with Gasteiger partial charge in [0.25, 0.3) is 0 Å². The van der Waals surface area contributed by atoms with Crippen molar-refractivity contribution in [3.05, 3.63) is 63.8 Å². The largest absolute Gasteiger partial charge is 0.440 e. The summed E-state index contributed by atoms with van der Waals surface area (Å²) >= 11 is 1.79. The minimum absolute atomic E-state index is 0.325. The number of halogens is 3. The van der Waals surface area contributed by atoms with E-state index in [-0.39, 0.29) is 5.41 Å². The molecule has 2 fully saturated rings. The van der Waals surface area contributed by atoms with Gasteiger partial charge in [0.15, 0.2) is 18.0 Å². The molecular weight excluding hydrogens is 485 g/mol. The molecular formula is C27H35F3N4OS. The lowest BCUT2D eigenvalue weighted by Gasteiger charge is -2.26. The first-order valence-corrected chi connectivity index (χ1v) is 13.4. The van der Waals surface area contributed by atoms with Crippen molar-refractivity contribution in [2.75, 3.05) is 39.5 Å². The van der Waals surface area contributed by atoms with Crippen LogP contribution in [0.3, 0.4) is 0 Å². The second-order valence-corrected chi connectivity index (χ2v) is 10.9. The number of hydrogen-bond acceptors (Lipinski definition) is 5. The Hall–Kier alpha value is -2.26. The highest BCUT2D eigenvalue weighted by atomic mass is 32.2. The average Bonchev–Trinajstić information content (AvgIpc) is 3.17. The zero-order valence-corrected chi connectivity index (χ0v) is 22.5. The van der Waals surface area contributed by atoms with E-state index in [2.05, 4.69) is 33.6 Å². The number of piperidine rings is 1. The summed E-state index contributed by atoms with van der Waals surface area (Å²) < 4.78 is 46.5. The maximum atomic E-state index is 13.6. The molecule has 0 bridgehead atoms. The van der Waals surface area contributed by atoms with Gasteiger partial charge in [-0.3, -0.25) is 4.99 Å². The van der Waals surface area contributed by atoms with Crippen molar-refractivity contribution in [1.29, 1.82) is 0 Å². The number of aliphatic imine (C=N–C) groups is 1. The summed E-state index contributed by atoms with van der Waals surface area (Å²) in [4.78, 5) is 13.1. The predicted molar refractivity (Wildman–Crippen MR) is 139 cm³/mol. The number of amidine groups is 1. The van der Waals surface area contributed by atoms with Gasteiger partial charge in [-0.05, 0) is 62.8 Å². The molecule has 0 radical (unpaired) electrons. The van der Waals surface area contributed by atoms with Crippen molar-refractivity contribution in [3.8, 4) is 0 Å². The molecule has 4 rings (SSSR count). The van der Waals surface area contributed by atoms with E-state index < -0.39 is 11.7 Å². The number of rotatable bonds is 9. The Bertz CT molecular complexity index is 1140. The van der Waals surface area contributed by atoms with Crippen LogP contribution in [-0.2, 0) is 11.6 Å². The lowest BCUT2D eigenvalue weighted by atomic mass is 9.90. The molecule has 2 aromatic rings. The number of aryl methyl sites for hydroxylation is 1. The van der Waals surface area contributed by atoms with Gasteiger partial charge in [-0.15, -0.1) is 11.8 Å². The molecule has 1 saturated carbocycles. The Labute approximate surface area is 215 Å². The third kappa shape index (κ3) is 5.23. The van der Waals surface area contributed by atoms with E-state index in [9.17, 15) is 13.2 Å². The molecule has 9 heteroatoms. The van der Waals surface area contributed by atoms with E-state index in [1.54, 1.807) is 30.9 Å². The lowest BCUT2D eigenvalue weighted by molar-refractivity contribution is -0.138. The zero-order chi connectivity index (χ0) is 26.1. The third-order valence-corrected chi connectivity index (χ3v) is 8.91. The second-order valence-electron chi connectivity index (χ2n) is 9.85. The Morgan fingerprint density at radius 3 is 2.72 bits per heavy atom. The predicted octanol–water partition coefficient (Wildman–Crippen LogP) is 6.35. The first-order chi connectivity index (χ1) is 17.1. The molecule has 1 unspecified atom stereocenters. The molecule has 2 atom stereocenters. The number of allylic oxidation sites excluding steroid dienone is 1. The normalized spacial score (nSPS) is 23.0. The van der Waals surface area contributed by atoms with Crippen LogP contribution in [0.2, 0.25) is 0 Å². The van der Waals surface area contributed by atoms with Crippen LogP contribution < -0.4 is 0 Å². The van der Waals surface area contributed by atoms with Gasteiger partial charge in [0.1, 0.15) is 0 Å². The van der Waals surface area contributed by atoms with Crippen molar-refractivity contribution in [3.63, 3.8) is 0 Å². The summed E-state index contributed by atoms with van der Waals surface area (Å²) in [5, 5.41) is 1.15. The van der Waals surface area contributed by atoms with Crippen LogP contribution in [0.25, 0.3) is 0 Å². The van der Waals surface area contributed by atoms with Crippen LogP contribution in [0, 0.1) is 12.8 Å². The SMILES string of the molecule is CCC(C)=C(SCCCN1CC2C[C@@]2(c2ccccc2C(F)(F)F)C1)N(C)C(=NC)c1ocnc1C. The summed E-state index contributed by atoms with van der Waals surface area (Å²) in [6.07, 6.45) is -0.123. The summed E-state index contributed by atoms with van der Waals surface area (Å²) in [7, 11) is 3.75. The Morgan fingerprint density at radius 2 is 2.08 bits per heavy atom. The molecule has 0 amide bonds. The summed E-state index contributed by atoms with van der Waals surface area (Å²) in [6, 6.07) is 6.14. The smallest absolute Gasteiger partial charge is 0.416 e. The fourth-order valence-electron chi connectivity index (χ4n) is 5.47. The zero-order valence-electron chi connectivity index (χ0n) is 21.7. The van der Waals surface area contributed by atoms with Crippen molar-refractivity contribution >= 4 is 17.6 Å². The van der Waals surface area contributed by atoms with E-state index in [4.69, 9.17) is 4.42 Å². The quantitative estimate of drug-likeness (QED) is 0.219. The molecule has 0 spiro atoms. The number of nitrogens with zero attached hydrogens (tertiary/aromatic N) is 4. The maximum absolute atomic E-state index is 13.6. The minimum atomic E-state index is -4.31. The van der Waals surface area contributed by atoms with E-state index in [0.29, 0.717) is 23.8 Å². The average molecular weight is 521 g/mol. The fraction of sp³-hybridized carbons (Fsp3) is 0.556. The number of thioether (sulfide) groups is 1. The standard InChI is InChI=1S/C27H35F3N4OS/c1-6-18(2)25(33(5)24(31-4)23-19(3)32-17-35-23)36-13-9-12-34-15-20-14-26(20,16-34)21-10-7-8-11-22(21)27(28,29)30/h7-8,10-11,17,20H,6,9,12-16H2,1-5H3/t20?,26-/m1/s1. The molecule has 0 N–H and O–H groups in total. The number of hydrogen-bond donors (Lipinski definition) is 0. The molecule has 1 aliphatic heterocycles. The van der Waals surface area contributed by atoms with Crippen LogP contribution in [0.1, 0.15) is 55.7 Å². The number of oxazole rings is 1. The van der Waals surface area contributed by atoms with E-state index in [0.717, 1.165) is 54.7 Å². The third-order valence-electron chi connectivity index (χ3n) is 7.52. The molecule has 5 nitrogen and oxygen atoms in total. The molecule has 1 aromatic carbocycles. The first kappa shape index (κ1) is 26.8. The molecule has 1 saturated heterocycles. The van der Waals surface area contributed by atoms with E-state index in [1.165, 1.54) is 24.1 Å². The number of alkyl halides is 3. The Morgan fingerprint density at radius 1 is 1.33 bits per heavy atom. The van der Waals surface area contributed by atoms with Crippen molar-refractivity contribution in [2.24, 2.45) is 10.9 Å². The van der Waals surface area contributed by atoms with Gasteiger partial charge < -0.3 is 14.2 Å². The number of aromatic nitrogens is 1. The van der Waals surface area contributed by atoms with E-state index in [1.807, 2.05) is 14.0 Å². The van der Waals surface area contributed by atoms with E-state index >= 15 is 0 Å². The fourth-order valence-corrected chi connectivity index (χ4v) is 6.61. The van der Waals surface area contributed by atoms with Crippen LogP contribution in [0.5, 0.6) is 0 Å². The second kappa shape index (κ2) is 10.6. The maximum Gasteiger partial charge on any atom is 0.416 e. The van der Waals surface area contributed by atoms with Crippen molar-refractivity contribution in [2.45, 2.75) is 51.6 Å². The van der Waals surface area contributed by atoms with Crippen LogP contribution >= 0.6 is 11.8 Å². The van der Waals surface area contributed by atoms with Gasteiger partial charge in [0, 0.05) is 38.4 Å². The molecule has 36 heavy (non-hydrogen) atoms. The number of benzene rings is 1. The van der Waals surface area contributed by atoms with Crippen LogP contribution in [0.4, 0.5) is 13.2 Å². The van der Waals surface area contributed by atoms with Crippen molar-refractivity contribution < 1.29 is 17.6 Å². The molecule has 2 aliphatic rings. The monoisotopic (exact) mass is 520 g/mol. The van der Waals surface area contributed by atoms with Gasteiger partial charge in [-0.1, -0.05) is 25.1 Å². The van der Waals surface area contributed by atoms with Crippen LogP contribution in [-0.4, -0.2) is 60.1 Å². The Kier molecular flexibility index (Phi) is 7.90. The highest BCUT2D eigenvalue weighted by Gasteiger charge is 2.62. The topological polar surface area (TPSA) is 44.9 Å². The van der Waals surface area contributed by atoms with Gasteiger partial charge in [-0.2, -0.15) is 13.2 Å². The summed E-state index contributed by atoms with van der Waals surface area (Å²) in [5.41, 5.74) is 1.76. The minimum Gasteiger partial charge on any atom is -0.440 e. The molecule has 196 valence electrons. The molecule has 1 aliphatic carbocycles. The molecule has 2 heterocycles. The van der Waals surface area contributed by atoms with Crippen LogP contribution in [0.15, 0.2) is 50.7 Å². The number of likely N-dealkylation sites (tertiary alicyclic amines) is 1. The summed E-state index contributed by atoms with van der Waals surface area (Å²) in [6.45, 7) is 8.66. The van der Waals surface area contributed by atoms with Gasteiger partial charge >= 0.3 is 6.18 Å². The van der Waals surface area contributed by atoms with Crippen molar-refractivity contribution in [1.82, 2.24) is 14.8 Å². The number of fused-ring (bicyclic) bond motifs is 1.